The number of carbonyl (C=O) groups excluding carboxylic acids is 2. The first-order chi connectivity index (χ1) is 14.2. The van der Waals surface area contributed by atoms with Gasteiger partial charge in [-0.1, -0.05) is 24.3 Å². The highest BCUT2D eigenvalue weighted by Crippen LogP contribution is 2.16. The maximum atomic E-state index is 12.3. The third kappa shape index (κ3) is 5.91. The van der Waals surface area contributed by atoms with E-state index in [1.165, 1.54) is 36.4 Å². The van der Waals surface area contributed by atoms with Crippen LogP contribution in [0.3, 0.4) is 0 Å². The molecule has 0 fully saturated rings. The Labute approximate surface area is 173 Å². The third-order valence-corrected chi connectivity index (χ3v) is 4.35. The fourth-order valence-corrected chi connectivity index (χ4v) is 2.77. The van der Waals surface area contributed by atoms with Gasteiger partial charge in [0.2, 0.25) is 0 Å². The summed E-state index contributed by atoms with van der Waals surface area (Å²) in [5.74, 6) is -3.95. The summed E-state index contributed by atoms with van der Waals surface area (Å²) < 4.78 is 10.6. The van der Waals surface area contributed by atoms with E-state index in [9.17, 15) is 19.2 Å². The van der Waals surface area contributed by atoms with Crippen molar-refractivity contribution in [1.29, 1.82) is 0 Å². The first kappa shape index (κ1) is 22.6. The predicted molar refractivity (Wildman–Crippen MR) is 106 cm³/mol. The van der Waals surface area contributed by atoms with Crippen molar-refractivity contribution in [3.8, 4) is 0 Å². The van der Waals surface area contributed by atoms with E-state index in [-0.39, 0.29) is 22.3 Å². The minimum absolute atomic E-state index is 0.0402. The molecule has 2 rings (SSSR count). The van der Waals surface area contributed by atoms with Crippen LogP contribution in [0.5, 0.6) is 0 Å². The molecule has 0 aliphatic carbocycles. The molecular weight excluding hydrogens is 392 g/mol. The molecule has 2 atom stereocenters. The number of benzene rings is 2. The lowest BCUT2D eigenvalue weighted by molar-refractivity contribution is 0.0184. The lowest BCUT2D eigenvalue weighted by atomic mass is 10.1. The first-order valence-corrected chi connectivity index (χ1v) is 9.27. The second-order valence-corrected chi connectivity index (χ2v) is 6.71. The van der Waals surface area contributed by atoms with Crippen LogP contribution in [0.1, 0.15) is 68.1 Å². The van der Waals surface area contributed by atoms with Crippen LogP contribution < -0.4 is 0 Å². The van der Waals surface area contributed by atoms with E-state index >= 15 is 0 Å². The lowest BCUT2D eigenvalue weighted by Crippen LogP contribution is -2.21. The molecule has 0 saturated carbocycles. The van der Waals surface area contributed by atoms with Crippen LogP contribution in [0, 0.1) is 0 Å². The van der Waals surface area contributed by atoms with Crippen LogP contribution in [0.25, 0.3) is 0 Å². The van der Waals surface area contributed by atoms with E-state index < -0.39 is 36.1 Å². The number of carboxylic acids is 2. The van der Waals surface area contributed by atoms with Gasteiger partial charge in [-0.15, -0.1) is 0 Å². The number of carbonyl (C=O) groups is 4. The van der Waals surface area contributed by atoms with Crippen molar-refractivity contribution in [3.63, 3.8) is 0 Å². The molecule has 0 aliphatic rings. The van der Waals surface area contributed by atoms with E-state index in [4.69, 9.17) is 19.7 Å². The second kappa shape index (κ2) is 10.2. The van der Waals surface area contributed by atoms with Crippen molar-refractivity contribution in [2.75, 3.05) is 0 Å². The van der Waals surface area contributed by atoms with E-state index in [0.29, 0.717) is 12.8 Å². The molecule has 0 aliphatic heterocycles. The quantitative estimate of drug-likeness (QED) is 0.595. The monoisotopic (exact) mass is 414 g/mol. The average Bonchev–Trinajstić information content (AvgIpc) is 2.72. The Hall–Kier alpha value is -3.68. The van der Waals surface area contributed by atoms with Gasteiger partial charge in [0.05, 0.1) is 34.5 Å². The smallest absolute Gasteiger partial charge is 0.339 e. The fourth-order valence-electron chi connectivity index (χ4n) is 2.77. The highest BCUT2D eigenvalue weighted by atomic mass is 16.5. The minimum atomic E-state index is -1.22. The van der Waals surface area contributed by atoms with Gasteiger partial charge in [0.1, 0.15) is 0 Å². The molecule has 2 N–H and O–H groups in total. The second-order valence-electron chi connectivity index (χ2n) is 6.71. The zero-order chi connectivity index (χ0) is 22.3. The molecule has 2 aromatic rings. The molecule has 0 bridgehead atoms. The summed E-state index contributed by atoms with van der Waals surface area (Å²) >= 11 is 0. The molecule has 8 heteroatoms. The predicted octanol–water partition coefficient (Wildman–Crippen LogP) is 3.65. The summed E-state index contributed by atoms with van der Waals surface area (Å²) in [4.78, 5) is 47.0. The Balaban J connectivity index is 1.90. The van der Waals surface area contributed by atoms with Gasteiger partial charge in [-0.2, -0.15) is 0 Å². The van der Waals surface area contributed by atoms with Gasteiger partial charge in [0, 0.05) is 0 Å². The third-order valence-electron chi connectivity index (χ3n) is 4.35. The van der Waals surface area contributed by atoms with Gasteiger partial charge in [-0.05, 0) is 51.0 Å². The van der Waals surface area contributed by atoms with Crippen molar-refractivity contribution >= 4 is 23.9 Å². The molecule has 0 heterocycles. The average molecular weight is 414 g/mol. The normalized spacial score (nSPS) is 12.5. The van der Waals surface area contributed by atoms with Crippen LogP contribution in [0.2, 0.25) is 0 Å². The molecule has 8 nitrogen and oxygen atoms in total. The Morgan fingerprint density at radius 2 is 0.967 bits per heavy atom. The maximum absolute atomic E-state index is 12.3. The van der Waals surface area contributed by atoms with Gasteiger partial charge >= 0.3 is 23.9 Å². The number of esters is 2. The molecule has 0 saturated heterocycles. The summed E-state index contributed by atoms with van der Waals surface area (Å²) in [6.45, 7) is 3.30. The Morgan fingerprint density at radius 3 is 1.27 bits per heavy atom. The van der Waals surface area contributed by atoms with Crippen molar-refractivity contribution in [1.82, 2.24) is 0 Å². The van der Waals surface area contributed by atoms with Crippen molar-refractivity contribution in [3.05, 3.63) is 70.8 Å². The summed E-state index contributed by atoms with van der Waals surface area (Å²) in [5.41, 5.74) is -0.369. The molecule has 2 aromatic carbocycles. The van der Waals surface area contributed by atoms with Crippen LogP contribution in [-0.4, -0.2) is 46.3 Å². The summed E-state index contributed by atoms with van der Waals surface area (Å²) in [5, 5.41) is 18.3. The molecule has 0 unspecified atom stereocenters. The van der Waals surface area contributed by atoms with Gasteiger partial charge in [0.15, 0.2) is 0 Å². The summed E-state index contributed by atoms with van der Waals surface area (Å²) in [6.07, 6.45) is -0.384. The number of carboxylic acid groups (broad SMARTS) is 2. The zero-order valence-corrected chi connectivity index (χ0v) is 16.5. The van der Waals surface area contributed by atoms with Crippen molar-refractivity contribution in [2.24, 2.45) is 0 Å². The highest BCUT2D eigenvalue weighted by Gasteiger charge is 2.21. The molecular formula is C22H22O8. The number of ether oxygens (including phenoxy) is 2. The fraction of sp³-hybridized carbons (Fsp3) is 0.273. The lowest BCUT2D eigenvalue weighted by Gasteiger charge is -2.18. The molecule has 0 spiro atoms. The van der Waals surface area contributed by atoms with Crippen LogP contribution in [0.4, 0.5) is 0 Å². The Bertz CT molecular complexity index is 872. The van der Waals surface area contributed by atoms with Crippen molar-refractivity contribution < 1.29 is 38.9 Å². The van der Waals surface area contributed by atoms with Gasteiger partial charge < -0.3 is 19.7 Å². The largest absolute Gasteiger partial charge is 0.478 e. The Kier molecular flexibility index (Phi) is 7.69. The molecule has 0 aromatic heterocycles. The van der Waals surface area contributed by atoms with E-state index in [0.717, 1.165) is 0 Å². The molecule has 0 amide bonds. The van der Waals surface area contributed by atoms with Gasteiger partial charge in [-0.3, -0.25) is 0 Å². The maximum Gasteiger partial charge on any atom is 0.339 e. The summed E-state index contributed by atoms with van der Waals surface area (Å²) in [7, 11) is 0. The van der Waals surface area contributed by atoms with Crippen LogP contribution in [0.15, 0.2) is 48.5 Å². The van der Waals surface area contributed by atoms with E-state index in [2.05, 4.69) is 0 Å². The van der Waals surface area contributed by atoms with E-state index in [1.807, 2.05) is 0 Å². The zero-order valence-electron chi connectivity index (χ0n) is 16.5. The molecule has 158 valence electrons. The van der Waals surface area contributed by atoms with Crippen LogP contribution >= 0.6 is 0 Å². The Morgan fingerprint density at radius 1 is 0.667 bits per heavy atom. The number of hydrogen-bond acceptors (Lipinski definition) is 6. The van der Waals surface area contributed by atoms with Crippen molar-refractivity contribution in [2.45, 2.75) is 38.9 Å². The van der Waals surface area contributed by atoms with Crippen LogP contribution in [-0.2, 0) is 9.47 Å². The van der Waals surface area contributed by atoms with E-state index in [1.54, 1.807) is 26.0 Å². The minimum Gasteiger partial charge on any atom is -0.478 e. The number of hydrogen-bond donors (Lipinski definition) is 2. The standard InChI is InChI=1S/C22H22O8/c1-13(29-21(27)17-9-5-3-7-15(17)19(23)24)11-12-14(2)30-22(28)18-10-6-4-8-16(18)20(25)26/h3-10,13-14H,11-12H2,1-2H3,(H,23,24)(H,25,26)/t13-,14-/m0/s1. The molecule has 30 heavy (non-hydrogen) atoms. The first-order valence-electron chi connectivity index (χ1n) is 9.27. The number of rotatable bonds is 9. The summed E-state index contributed by atoms with van der Waals surface area (Å²) in [6, 6.07) is 11.5. The highest BCUT2D eigenvalue weighted by molar-refractivity contribution is 6.03. The molecule has 0 radical (unpaired) electrons. The topological polar surface area (TPSA) is 127 Å². The number of aromatic carboxylic acids is 2. The van der Waals surface area contributed by atoms with Gasteiger partial charge in [0.25, 0.3) is 0 Å². The SMILES string of the molecule is C[C@@H](CC[C@H](C)OC(=O)c1ccccc1C(=O)O)OC(=O)c1ccccc1C(=O)O. The van der Waals surface area contributed by atoms with Gasteiger partial charge in [-0.25, -0.2) is 19.2 Å².